The minimum Gasteiger partial charge on any atom is -0.484 e. The maximum atomic E-state index is 12.0. The van der Waals surface area contributed by atoms with Gasteiger partial charge in [0.15, 0.2) is 12.4 Å². The molecule has 3 aromatic rings. The molecular weight excluding hydrogens is 354 g/mol. The number of Topliss-reactive ketones (excluding diaryl/α,β-unsaturated/α-hetero) is 1. The van der Waals surface area contributed by atoms with Gasteiger partial charge in [0, 0.05) is 12.1 Å². The number of hydrogen-bond acceptors (Lipinski definition) is 4. The Morgan fingerprint density at radius 1 is 0.821 bits per heavy atom. The average Bonchev–Trinajstić information content (AvgIpc) is 2.72. The highest BCUT2D eigenvalue weighted by Gasteiger charge is 2.05. The summed E-state index contributed by atoms with van der Waals surface area (Å²) in [5.41, 5.74) is 1.53. The van der Waals surface area contributed by atoms with Gasteiger partial charge in [0.25, 0.3) is 5.91 Å². The molecule has 0 saturated carbocycles. The van der Waals surface area contributed by atoms with Crippen LogP contribution in [0.5, 0.6) is 17.2 Å². The lowest BCUT2D eigenvalue weighted by Crippen LogP contribution is -2.28. The third-order valence-electron chi connectivity index (χ3n) is 4.00. The first-order valence-corrected chi connectivity index (χ1v) is 8.92. The fraction of sp³-hybridized carbons (Fsp3) is 0.130. The van der Waals surface area contributed by atoms with Crippen molar-refractivity contribution in [3.05, 3.63) is 90.0 Å². The summed E-state index contributed by atoms with van der Waals surface area (Å²) < 4.78 is 11.2. The Hall–Kier alpha value is -3.60. The molecule has 5 heteroatoms. The van der Waals surface area contributed by atoms with Gasteiger partial charge in [-0.15, -0.1) is 0 Å². The number of benzene rings is 3. The molecule has 0 heterocycles. The lowest BCUT2D eigenvalue weighted by atomic mass is 10.1. The number of ketones is 1. The van der Waals surface area contributed by atoms with E-state index >= 15 is 0 Å². The summed E-state index contributed by atoms with van der Waals surface area (Å²) in [5.74, 6) is 1.76. The molecule has 0 saturated heterocycles. The molecule has 3 aromatic carbocycles. The molecule has 0 aliphatic rings. The number of nitrogens with one attached hydrogen (secondary N) is 1. The van der Waals surface area contributed by atoms with Crippen molar-refractivity contribution in [2.24, 2.45) is 0 Å². The van der Waals surface area contributed by atoms with Gasteiger partial charge in [-0.3, -0.25) is 9.59 Å². The number of rotatable bonds is 8. The van der Waals surface area contributed by atoms with Crippen LogP contribution in [0.4, 0.5) is 0 Å². The van der Waals surface area contributed by atoms with Crippen molar-refractivity contribution in [1.29, 1.82) is 0 Å². The highest BCUT2D eigenvalue weighted by Crippen LogP contribution is 2.21. The summed E-state index contributed by atoms with van der Waals surface area (Å²) in [7, 11) is 0. The van der Waals surface area contributed by atoms with E-state index < -0.39 is 0 Å². The van der Waals surface area contributed by atoms with Crippen LogP contribution in [0.2, 0.25) is 0 Å². The molecule has 28 heavy (non-hydrogen) atoms. The first kappa shape index (κ1) is 19.2. The Kier molecular flexibility index (Phi) is 6.41. The molecule has 0 bridgehead atoms. The summed E-state index contributed by atoms with van der Waals surface area (Å²) in [6.07, 6.45) is 0. The van der Waals surface area contributed by atoms with Gasteiger partial charge in [-0.25, -0.2) is 0 Å². The predicted octanol–water partition coefficient (Wildman–Crippen LogP) is 4.38. The van der Waals surface area contributed by atoms with Crippen LogP contribution in [-0.4, -0.2) is 18.3 Å². The Bertz CT molecular complexity index is 936. The van der Waals surface area contributed by atoms with Gasteiger partial charge in [-0.1, -0.05) is 30.3 Å². The van der Waals surface area contributed by atoms with Gasteiger partial charge < -0.3 is 14.8 Å². The van der Waals surface area contributed by atoms with E-state index in [1.54, 1.807) is 24.3 Å². The third-order valence-corrected chi connectivity index (χ3v) is 4.00. The molecule has 142 valence electrons. The lowest BCUT2D eigenvalue weighted by molar-refractivity contribution is -0.123. The molecule has 0 aliphatic heterocycles. The number of hydrogen-bond donors (Lipinski definition) is 1. The smallest absolute Gasteiger partial charge is 0.258 e. The van der Waals surface area contributed by atoms with Gasteiger partial charge in [0.1, 0.15) is 17.2 Å². The molecule has 0 unspecified atom stereocenters. The van der Waals surface area contributed by atoms with E-state index in [0.29, 0.717) is 23.6 Å². The topological polar surface area (TPSA) is 64.6 Å². The Morgan fingerprint density at radius 2 is 1.54 bits per heavy atom. The van der Waals surface area contributed by atoms with Gasteiger partial charge in [-0.2, -0.15) is 0 Å². The number of amides is 1. The monoisotopic (exact) mass is 375 g/mol. The first-order valence-electron chi connectivity index (χ1n) is 8.92. The van der Waals surface area contributed by atoms with Crippen molar-refractivity contribution in [2.45, 2.75) is 13.5 Å². The van der Waals surface area contributed by atoms with Crippen molar-refractivity contribution in [1.82, 2.24) is 5.32 Å². The number of ether oxygens (including phenoxy) is 2. The first-order chi connectivity index (χ1) is 13.6. The summed E-state index contributed by atoms with van der Waals surface area (Å²) in [4.78, 5) is 23.3. The second-order valence-electron chi connectivity index (χ2n) is 6.21. The zero-order valence-electron chi connectivity index (χ0n) is 15.6. The van der Waals surface area contributed by atoms with E-state index in [-0.39, 0.29) is 18.3 Å². The molecule has 0 aliphatic carbocycles. The molecule has 1 amide bonds. The van der Waals surface area contributed by atoms with E-state index in [0.717, 1.165) is 11.3 Å². The van der Waals surface area contributed by atoms with Crippen molar-refractivity contribution >= 4 is 11.7 Å². The highest BCUT2D eigenvalue weighted by molar-refractivity contribution is 5.94. The zero-order valence-corrected chi connectivity index (χ0v) is 15.6. The molecule has 1 N–H and O–H groups in total. The summed E-state index contributed by atoms with van der Waals surface area (Å²) in [5, 5.41) is 2.82. The van der Waals surface area contributed by atoms with Crippen LogP contribution in [0, 0.1) is 0 Å². The Labute approximate surface area is 163 Å². The number of para-hydroxylation sites is 1. The number of carbonyl (C=O) groups is 2. The standard InChI is InChI=1S/C23H21NO4/c1-17(25)19-10-12-20(13-11-19)27-16-23(26)24-15-18-6-5-9-22(14-18)28-21-7-3-2-4-8-21/h2-14H,15-16H2,1H3,(H,24,26). The minimum absolute atomic E-state index is 0.0113. The molecular formula is C23H21NO4. The average molecular weight is 375 g/mol. The van der Waals surface area contributed by atoms with Crippen LogP contribution in [0.3, 0.4) is 0 Å². The lowest BCUT2D eigenvalue weighted by Gasteiger charge is -2.10. The highest BCUT2D eigenvalue weighted by atomic mass is 16.5. The van der Waals surface area contributed by atoms with Crippen LogP contribution >= 0.6 is 0 Å². The second kappa shape index (κ2) is 9.37. The molecule has 3 rings (SSSR count). The van der Waals surface area contributed by atoms with Crippen LogP contribution < -0.4 is 14.8 Å². The Balaban J connectivity index is 1.47. The minimum atomic E-state index is -0.231. The van der Waals surface area contributed by atoms with Crippen LogP contribution in [0.1, 0.15) is 22.8 Å². The molecule has 5 nitrogen and oxygen atoms in total. The molecule has 0 fully saturated rings. The summed E-state index contributed by atoms with van der Waals surface area (Å²) >= 11 is 0. The van der Waals surface area contributed by atoms with Gasteiger partial charge >= 0.3 is 0 Å². The summed E-state index contributed by atoms with van der Waals surface area (Å²) in [6.45, 7) is 1.78. The maximum Gasteiger partial charge on any atom is 0.258 e. The molecule has 0 spiro atoms. The Morgan fingerprint density at radius 3 is 2.25 bits per heavy atom. The van der Waals surface area contributed by atoms with Gasteiger partial charge in [0.05, 0.1) is 0 Å². The normalized spacial score (nSPS) is 10.2. The maximum absolute atomic E-state index is 12.0. The third kappa shape index (κ3) is 5.71. The van der Waals surface area contributed by atoms with E-state index in [1.807, 2.05) is 54.6 Å². The van der Waals surface area contributed by atoms with Gasteiger partial charge in [-0.05, 0) is 61.0 Å². The largest absolute Gasteiger partial charge is 0.484 e. The van der Waals surface area contributed by atoms with Crippen molar-refractivity contribution in [2.75, 3.05) is 6.61 Å². The predicted molar refractivity (Wildman–Crippen MR) is 107 cm³/mol. The molecule has 0 atom stereocenters. The fourth-order valence-corrected chi connectivity index (χ4v) is 2.53. The van der Waals surface area contributed by atoms with Crippen LogP contribution in [0.25, 0.3) is 0 Å². The molecule has 0 aromatic heterocycles. The second-order valence-corrected chi connectivity index (χ2v) is 6.21. The molecule has 0 radical (unpaired) electrons. The van der Waals surface area contributed by atoms with Gasteiger partial charge in [0.2, 0.25) is 0 Å². The quantitative estimate of drug-likeness (QED) is 0.594. The van der Waals surface area contributed by atoms with E-state index in [2.05, 4.69) is 5.32 Å². The van der Waals surface area contributed by atoms with E-state index in [1.165, 1.54) is 6.92 Å². The van der Waals surface area contributed by atoms with Crippen molar-refractivity contribution in [3.63, 3.8) is 0 Å². The van der Waals surface area contributed by atoms with E-state index in [9.17, 15) is 9.59 Å². The SMILES string of the molecule is CC(=O)c1ccc(OCC(=O)NCc2cccc(Oc3ccccc3)c2)cc1. The fourth-order valence-electron chi connectivity index (χ4n) is 2.53. The van der Waals surface area contributed by atoms with Crippen molar-refractivity contribution < 1.29 is 19.1 Å². The summed E-state index contributed by atoms with van der Waals surface area (Å²) in [6, 6.07) is 23.8. The van der Waals surface area contributed by atoms with Crippen molar-refractivity contribution in [3.8, 4) is 17.2 Å². The van der Waals surface area contributed by atoms with E-state index in [4.69, 9.17) is 9.47 Å². The van der Waals surface area contributed by atoms with Crippen LogP contribution in [0.15, 0.2) is 78.9 Å². The zero-order chi connectivity index (χ0) is 19.8. The van der Waals surface area contributed by atoms with Crippen LogP contribution in [-0.2, 0) is 11.3 Å². The number of carbonyl (C=O) groups excluding carboxylic acids is 2.